The van der Waals surface area contributed by atoms with Crippen LogP contribution in [0.25, 0.3) is 0 Å². The summed E-state index contributed by atoms with van der Waals surface area (Å²) in [4.78, 5) is 0. The van der Waals surface area contributed by atoms with E-state index in [-0.39, 0.29) is 48.0 Å². The van der Waals surface area contributed by atoms with E-state index >= 15 is 0 Å². The SMILES string of the molecule is CCNCCN.I.I. The summed E-state index contributed by atoms with van der Waals surface area (Å²) in [5.74, 6) is 0. The molecule has 0 heterocycles. The van der Waals surface area contributed by atoms with Crippen molar-refractivity contribution in [2.45, 2.75) is 6.92 Å². The van der Waals surface area contributed by atoms with Gasteiger partial charge < -0.3 is 11.1 Å². The van der Waals surface area contributed by atoms with E-state index in [4.69, 9.17) is 5.73 Å². The Labute approximate surface area is 85.0 Å². The highest BCUT2D eigenvalue weighted by Crippen LogP contribution is 1.48. The molecule has 4 heteroatoms. The van der Waals surface area contributed by atoms with E-state index in [9.17, 15) is 0 Å². The first kappa shape index (κ1) is 16.2. The van der Waals surface area contributed by atoms with Crippen molar-refractivity contribution < 1.29 is 0 Å². The Hall–Kier alpha value is 1.38. The van der Waals surface area contributed by atoms with E-state index in [1.165, 1.54) is 0 Å². The largest absolute Gasteiger partial charge is 0.329 e. The van der Waals surface area contributed by atoms with Gasteiger partial charge in [0.25, 0.3) is 0 Å². The lowest BCUT2D eigenvalue weighted by Crippen LogP contribution is -2.21. The normalized spacial score (nSPS) is 6.75. The van der Waals surface area contributed by atoms with Crippen LogP contribution in [0, 0.1) is 0 Å². The first-order chi connectivity index (χ1) is 2.91. The number of likely N-dealkylation sites (N-methyl/N-ethyl adjacent to an activating group) is 1. The third-order valence-corrected chi connectivity index (χ3v) is 0.571. The second-order valence-corrected chi connectivity index (χ2v) is 1.14. The molecular weight excluding hydrogens is 330 g/mol. The van der Waals surface area contributed by atoms with Gasteiger partial charge in [-0.25, -0.2) is 0 Å². The first-order valence-corrected chi connectivity index (χ1v) is 2.32. The summed E-state index contributed by atoms with van der Waals surface area (Å²) in [6, 6.07) is 0. The van der Waals surface area contributed by atoms with Gasteiger partial charge in [0.2, 0.25) is 0 Å². The number of hydrogen-bond acceptors (Lipinski definition) is 2. The molecule has 0 aromatic rings. The van der Waals surface area contributed by atoms with Gasteiger partial charge in [-0.15, -0.1) is 48.0 Å². The minimum Gasteiger partial charge on any atom is -0.329 e. The maximum Gasteiger partial charge on any atom is 0.00743 e. The third-order valence-electron chi connectivity index (χ3n) is 0.571. The molecule has 0 aromatic carbocycles. The van der Waals surface area contributed by atoms with Crippen LogP contribution in [0.2, 0.25) is 0 Å². The molecule has 0 saturated heterocycles. The number of nitrogens with two attached hydrogens (primary N) is 1. The fraction of sp³-hybridized carbons (Fsp3) is 1.00. The molecule has 2 nitrogen and oxygen atoms in total. The van der Waals surface area contributed by atoms with E-state index in [1.54, 1.807) is 0 Å². The fourth-order valence-electron chi connectivity index (χ4n) is 0.279. The predicted molar refractivity (Wildman–Crippen MR) is 58.4 cm³/mol. The zero-order valence-corrected chi connectivity index (χ0v) is 9.68. The number of hydrogen-bond donors (Lipinski definition) is 2. The zero-order valence-electron chi connectivity index (χ0n) is 5.02. The average molecular weight is 344 g/mol. The second-order valence-electron chi connectivity index (χ2n) is 1.14. The summed E-state index contributed by atoms with van der Waals surface area (Å²) in [5.41, 5.74) is 5.15. The van der Waals surface area contributed by atoms with Gasteiger partial charge in [0.15, 0.2) is 0 Å². The van der Waals surface area contributed by atoms with Gasteiger partial charge in [-0.3, -0.25) is 0 Å². The topological polar surface area (TPSA) is 38.0 Å². The van der Waals surface area contributed by atoms with E-state index in [2.05, 4.69) is 12.2 Å². The van der Waals surface area contributed by atoms with Crippen LogP contribution in [0.3, 0.4) is 0 Å². The predicted octanol–water partition coefficient (Wildman–Crippen LogP) is 0.791. The van der Waals surface area contributed by atoms with Crippen molar-refractivity contribution in [3.8, 4) is 0 Å². The summed E-state index contributed by atoms with van der Waals surface area (Å²) >= 11 is 0. The summed E-state index contributed by atoms with van der Waals surface area (Å²) in [5, 5.41) is 3.07. The van der Waals surface area contributed by atoms with E-state index in [0.29, 0.717) is 0 Å². The first-order valence-electron chi connectivity index (χ1n) is 2.32. The highest BCUT2D eigenvalue weighted by molar-refractivity contribution is 14.0. The quantitative estimate of drug-likeness (QED) is 0.587. The molecule has 0 spiro atoms. The fourth-order valence-corrected chi connectivity index (χ4v) is 0.279. The van der Waals surface area contributed by atoms with E-state index in [1.807, 2.05) is 0 Å². The van der Waals surface area contributed by atoms with E-state index in [0.717, 1.165) is 19.6 Å². The van der Waals surface area contributed by atoms with E-state index < -0.39 is 0 Å². The molecule has 0 saturated carbocycles. The van der Waals surface area contributed by atoms with Gasteiger partial charge in [0.1, 0.15) is 0 Å². The average Bonchev–Trinajstić information content (AvgIpc) is 1.61. The summed E-state index contributed by atoms with van der Waals surface area (Å²) < 4.78 is 0. The van der Waals surface area contributed by atoms with Crippen LogP contribution >= 0.6 is 48.0 Å². The highest BCUT2D eigenvalue weighted by atomic mass is 127. The maximum absolute atomic E-state index is 5.15. The van der Waals surface area contributed by atoms with Gasteiger partial charge >= 0.3 is 0 Å². The van der Waals surface area contributed by atoms with Crippen molar-refractivity contribution in [2.75, 3.05) is 19.6 Å². The molecule has 54 valence electrons. The molecule has 0 radical (unpaired) electrons. The number of rotatable bonds is 3. The van der Waals surface area contributed by atoms with Crippen LogP contribution in [-0.4, -0.2) is 19.6 Å². The zero-order chi connectivity index (χ0) is 4.83. The molecule has 0 unspecified atom stereocenters. The number of halogens is 2. The highest BCUT2D eigenvalue weighted by Gasteiger charge is 1.71. The van der Waals surface area contributed by atoms with Gasteiger partial charge in [-0.2, -0.15) is 0 Å². The molecule has 0 amide bonds. The smallest absolute Gasteiger partial charge is 0.00743 e. The van der Waals surface area contributed by atoms with Crippen molar-refractivity contribution >= 4 is 48.0 Å². The van der Waals surface area contributed by atoms with Crippen LogP contribution in [0.15, 0.2) is 0 Å². The molecule has 0 fully saturated rings. The van der Waals surface area contributed by atoms with Crippen LogP contribution in [0.5, 0.6) is 0 Å². The molecular formula is C4H14I2N2. The summed E-state index contributed by atoms with van der Waals surface area (Å²) in [7, 11) is 0. The van der Waals surface area contributed by atoms with Crippen LogP contribution in [0.1, 0.15) is 6.92 Å². The lowest BCUT2D eigenvalue weighted by atomic mass is 10.6. The van der Waals surface area contributed by atoms with Gasteiger partial charge in [-0.1, -0.05) is 6.92 Å². The second kappa shape index (κ2) is 15.8. The van der Waals surface area contributed by atoms with Gasteiger partial charge in [-0.05, 0) is 6.54 Å². The molecule has 0 aliphatic rings. The molecule has 0 atom stereocenters. The lowest BCUT2D eigenvalue weighted by Gasteiger charge is -1.92. The van der Waals surface area contributed by atoms with Gasteiger partial charge in [0, 0.05) is 13.1 Å². The third kappa shape index (κ3) is 15.7. The van der Waals surface area contributed by atoms with Crippen molar-refractivity contribution in [1.82, 2.24) is 5.32 Å². The summed E-state index contributed by atoms with van der Waals surface area (Å²) in [6.45, 7) is 4.77. The van der Waals surface area contributed by atoms with Crippen molar-refractivity contribution in [3.05, 3.63) is 0 Å². The molecule has 8 heavy (non-hydrogen) atoms. The maximum atomic E-state index is 5.15. The Kier molecular flexibility index (Phi) is 31.9. The van der Waals surface area contributed by atoms with Crippen LogP contribution in [0.4, 0.5) is 0 Å². The molecule has 0 aliphatic carbocycles. The molecule has 0 bridgehead atoms. The summed E-state index contributed by atoms with van der Waals surface area (Å²) in [6.07, 6.45) is 0. The lowest BCUT2D eigenvalue weighted by molar-refractivity contribution is 0.725. The monoisotopic (exact) mass is 344 g/mol. The Morgan fingerprint density at radius 3 is 2.00 bits per heavy atom. The molecule has 0 aromatic heterocycles. The Morgan fingerprint density at radius 2 is 1.88 bits per heavy atom. The number of nitrogens with one attached hydrogen (secondary N) is 1. The standard InChI is InChI=1S/C4H12N2.2HI/c1-2-6-4-3-5;;/h6H,2-5H2,1H3;2*1H. The Bertz CT molecular complexity index is 24.0. The van der Waals surface area contributed by atoms with Crippen molar-refractivity contribution in [3.63, 3.8) is 0 Å². The molecule has 0 rings (SSSR count). The Morgan fingerprint density at radius 1 is 1.38 bits per heavy atom. The minimum atomic E-state index is 0. The van der Waals surface area contributed by atoms with Crippen LogP contribution < -0.4 is 11.1 Å². The van der Waals surface area contributed by atoms with Crippen LogP contribution in [-0.2, 0) is 0 Å². The van der Waals surface area contributed by atoms with Crippen molar-refractivity contribution in [1.29, 1.82) is 0 Å². The minimum absolute atomic E-state index is 0. The Balaban J connectivity index is -0.000000125. The molecule has 0 aliphatic heterocycles. The van der Waals surface area contributed by atoms with Gasteiger partial charge in [0.05, 0.1) is 0 Å². The molecule has 3 N–H and O–H groups in total. The van der Waals surface area contributed by atoms with Crippen molar-refractivity contribution in [2.24, 2.45) is 5.73 Å².